The molecule has 4 amide bonds. The number of hydrogen-bond donors (Lipinski definition) is 1. The van der Waals surface area contributed by atoms with Gasteiger partial charge in [0.2, 0.25) is 0 Å². The topological polar surface area (TPSA) is 84.9 Å². The van der Waals surface area contributed by atoms with Crippen LogP contribution in [0, 0.1) is 6.92 Å². The maximum Gasteiger partial charge on any atom is 0.335 e. The largest absolute Gasteiger partial charge is 0.493 e. The van der Waals surface area contributed by atoms with Crippen LogP contribution in [0.15, 0.2) is 66.2 Å². The molecule has 0 unspecified atom stereocenters. The monoisotopic (exact) mass is 510 g/mol. The summed E-state index contributed by atoms with van der Waals surface area (Å²) >= 11 is 12.6. The van der Waals surface area contributed by atoms with E-state index in [-0.39, 0.29) is 23.0 Å². The first-order chi connectivity index (χ1) is 16.8. The van der Waals surface area contributed by atoms with Gasteiger partial charge in [-0.25, -0.2) is 9.69 Å². The molecule has 1 N–H and O–H groups in total. The lowest BCUT2D eigenvalue weighted by Crippen LogP contribution is -2.54. The highest BCUT2D eigenvalue weighted by molar-refractivity contribution is 6.39. The van der Waals surface area contributed by atoms with Crippen molar-refractivity contribution in [3.63, 3.8) is 0 Å². The summed E-state index contributed by atoms with van der Waals surface area (Å²) in [7, 11) is 1.45. The van der Waals surface area contributed by atoms with Crippen molar-refractivity contribution >= 4 is 52.8 Å². The number of rotatable bonds is 6. The van der Waals surface area contributed by atoms with E-state index in [2.05, 4.69) is 5.32 Å². The van der Waals surface area contributed by atoms with Crippen LogP contribution in [0.25, 0.3) is 6.08 Å². The number of hydrogen-bond acceptors (Lipinski definition) is 5. The van der Waals surface area contributed by atoms with E-state index in [0.29, 0.717) is 22.0 Å². The summed E-state index contributed by atoms with van der Waals surface area (Å²) in [5.41, 5.74) is 2.25. The quantitative estimate of drug-likeness (QED) is 0.346. The molecule has 35 heavy (non-hydrogen) atoms. The second-order valence-corrected chi connectivity index (χ2v) is 8.52. The molecule has 0 saturated carbocycles. The first kappa shape index (κ1) is 24.3. The number of urea groups is 1. The minimum atomic E-state index is -0.820. The molecule has 1 aliphatic heterocycles. The number of amides is 4. The molecule has 4 rings (SSSR count). The van der Waals surface area contributed by atoms with Crippen LogP contribution in [0.1, 0.15) is 16.7 Å². The number of barbiturate groups is 1. The summed E-state index contributed by atoms with van der Waals surface area (Å²) in [5, 5.41) is 2.96. The minimum Gasteiger partial charge on any atom is -0.493 e. The SMILES string of the molecule is COc1cc(/C=C2\C(=O)NC(=O)N(c3ccc(C)cc3)C2=O)cc(Cl)c1OCc1ccccc1Cl. The molecular weight excluding hydrogens is 491 g/mol. The Morgan fingerprint density at radius 1 is 0.971 bits per heavy atom. The van der Waals surface area contributed by atoms with Gasteiger partial charge in [-0.05, 0) is 48.9 Å². The van der Waals surface area contributed by atoms with E-state index in [4.69, 9.17) is 32.7 Å². The third kappa shape index (κ3) is 5.16. The normalized spacial score (nSPS) is 14.8. The molecule has 178 valence electrons. The molecule has 0 bridgehead atoms. The molecule has 1 fully saturated rings. The first-order valence-electron chi connectivity index (χ1n) is 10.5. The lowest BCUT2D eigenvalue weighted by atomic mass is 10.1. The van der Waals surface area contributed by atoms with Crippen LogP contribution < -0.4 is 19.7 Å². The molecule has 3 aromatic carbocycles. The Hall–Kier alpha value is -3.81. The van der Waals surface area contributed by atoms with E-state index in [9.17, 15) is 14.4 Å². The second-order valence-electron chi connectivity index (χ2n) is 7.71. The molecule has 0 aromatic heterocycles. The maximum absolute atomic E-state index is 13.1. The highest BCUT2D eigenvalue weighted by Gasteiger charge is 2.36. The van der Waals surface area contributed by atoms with E-state index in [1.807, 2.05) is 25.1 Å². The number of anilines is 1. The Morgan fingerprint density at radius 2 is 1.69 bits per heavy atom. The number of carbonyl (C=O) groups excluding carboxylic acids is 3. The van der Waals surface area contributed by atoms with Crippen molar-refractivity contribution in [3.05, 3.63) is 93.0 Å². The van der Waals surface area contributed by atoms with E-state index in [1.165, 1.54) is 19.3 Å². The van der Waals surface area contributed by atoms with Crippen LogP contribution in [0.3, 0.4) is 0 Å². The highest BCUT2D eigenvalue weighted by Crippen LogP contribution is 2.38. The fraction of sp³-hybridized carbons (Fsp3) is 0.115. The average Bonchev–Trinajstić information content (AvgIpc) is 2.83. The fourth-order valence-corrected chi connectivity index (χ4v) is 3.94. The van der Waals surface area contributed by atoms with Crippen molar-refractivity contribution < 1.29 is 23.9 Å². The van der Waals surface area contributed by atoms with Gasteiger partial charge in [-0.3, -0.25) is 14.9 Å². The maximum atomic E-state index is 13.1. The summed E-state index contributed by atoms with van der Waals surface area (Å²) in [6.07, 6.45) is 1.34. The minimum absolute atomic E-state index is 0.157. The average molecular weight is 511 g/mol. The standard InChI is InChI=1S/C26H20Cl2N2O5/c1-15-7-9-18(10-8-15)30-25(32)19(24(31)29-26(30)33)11-16-12-21(28)23(22(13-16)34-2)35-14-17-5-3-4-6-20(17)27/h3-13H,14H2,1-2H3,(H,29,31,33)/b19-11+. The summed E-state index contributed by atoms with van der Waals surface area (Å²) in [5.74, 6) is -0.979. The van der Waals surface area contributed by atoms with Crippen molar-refractivity contribution in [2.24, 2.45) is 0 Å². The zero-order chi connectivity index (χ0) is 25.1. The van der Waals surface area contributed by atoms with Gasteiger partial charge in [0.1, 0.15) is 12.2 Å². The van der Waals surface area contributed by atoms with Crippen molar-refractivity contribution in [1.82, 2.24) is 5.32 Å². The Morgan fingerprint density at radius 3 is 2.37 bits per heavy atom. The number of ether oxygens (including phenoxy) is 2. The molecule has 0 atom stereocenters. The summed E-state index contributed by atoms with van der Waals surface area (Å²) in [4.78, 5) is 38.9. The van der Waals surface area contributed by atoms with Gasteiger partial charge in [0.25, 0.3) is 11.8 Å². The molecule has 1 aliphatic rings. The predicted octanol–water partition coefficient (Wildman–Crippen LogP) is 5.56. The van der Waals surface area contributed by atoms with Crippen molar-refractivity contribution in [3.8, 4) is 11.5 Å². The van der Waals surface area contributed by atoms with Gasteiger partial charge < -0.3 is 9.47 Å². The van der Waals surface area contributed by atoms with Crippen molar-refractivity contribution in [2.45, 2.75) is 13.5 Å². The summed E-state index contributed by atoms with van der Waals surface area (Å²) < 4.78 is 11.3. The van der Waals surface area contributed by atoms with Crippen LogP contribution in [0.4, 0.5) is 10.5 Å². The van der Waals surface area contributed by atoms with Crippen molar-refractivity contribution in [2.75, 3.05) is 12.0 Å². The van der Waals surface area contributed by atoms with E-state index >= 15 is 0 Å². The second kappa shape index (κ2) is 10.2. The summed E-state index contributed by atoms with van der Waals surface area (Å²) in [6, 6.07) is 16.3. The Bertz CT molecular complexity index is 1350. The number of imide groups is 2. The van der Waals surface area contributed by atoms with Gasteiger partial charge in [-0.15, -0.1) is 0 Å². The number of nitrogens with zero attached hydrogens (tertiary/aromatic N) is 1. The van der Waals surface area contributed by atoms with Gasteiger partial charge in [-0.1, -0.05) is 59.1 Å². The van der Waals surface area contributed by atoms with E-state index < -0.39 is 17.8 Å². The molecule has 1 heterocycles. The third-order valence-corrected chi connectivity index (χ3v) is 5.94. The number of benzene rings is 3. The molecule has 1 saturated heterocycles. The number of carbonyl (C=O) groups is 3. The molecule has 0 spiro atoms. The van der Waals surface area contributed by atoms with Crippen molar-refractivity contribution in [1.29, 1.82) is 0 Å². The Labute approximate surface area is 211 Å². The molecule has 0 radical (unpaired) electrons. The fourth-order valence-electron chi connectivity index (χ4n) is 3.48. The number of nitrogens with one attached hydrogen (secondary N) is 1. The number of halogens is 2. The van der Waals surface area contributed by atoms with Gasteiger partial charge in [0, 0.05) is 10.6 Å². The van der Waals surface area contributed by atoms with Crippen LogP contribution in [0.2, 0.25) is 10.0 Å². The molecular formula is C26H20Cl2N2O5. The predicted molar refractivity (Wildman–Crippen MR) is 134 cm³/mol. The smallest absolute Gasteiger partial charge is 0.335 e. The molecule has 3 aromatic rings. The zero-order valence-corrected chi connectivity index (χ0v) is 20.3. The van der Waals surface area contributed by atoms with Gasteiger partial charge >= 0.3 is 6.03 Å². The van der Waals surface area contributed by atoms with E-state index in [1.54, 1.807) is 36.4 Å². The zero-order valence-electron chi connectivity index (χ0n) is 18.8. The van der Waals surface area contributed by atoms with Crippen LogP contribution in [0.5, 0.6) is 11.5 Å². The summed E-state index contributed by atoms with van der Waals surface area (Å²) in [6.45, 7) is 2.04. The van der Waals surface area contributed by atoms with Crippen LogP contribution in [-0.2, 0) is 16.2 Å². The Balaban J connectivity index is 1.64. The van der Waals surface area contributed by atoms with Crippen LogP contribution in [-0.4, -0.2) is 25.0 Å². The van der Waals surface area contributed by atoms with Crippen LogP contribution >= 0.6 is 23.2 Å². The number of methoxy groups -OCH3 is 1. The lowest BCUT2D eigenvalue weighted by Gasteiger charge is -2.26. The molecule has 0 aliphatic carbocycles. The Kier molecular flexibility index (Phi) is 7.10. The third-order valence-electron chi connectivity index (χ3n) is 5.29. The molecule has 7 nitrogen and oxygen atoms in total. The van der Waals surface area contributed by atoms with Gasteiger partial charge in [0.15, 0.2) is 11.5 Å². The highest BCUT2D eigenvalue weighted by atomic mass is 35.5. The van der Waals surface area contributed by atoms with E-state index in [0.717, 1.165) is 16.0 Å². The van der Waals surface area contributed by atoms with Gasteiger partial charge in [-0.2, -0.15) is 0 Å². The van der Waals surface area contributed by atoms with Gasteiger partial charge in [0.05, 0.1) is 17.8 Å². The lowest BCUT2D eigenvalue weighted by molar-refractivity contribution is -0.122. The first-order valence-corrected chi connectivity index (χ1v) is 11.3. The number of aryl methyl sites for hydroxylation is 1. The molecule has 9 heteroatoms.